The molecular formula is C28H34N2O3. The van der Waals surface area contributed by atoms with Gasteiger partial charge in [0, 0.05) is 37.6 Å². The minimum absolute atomic E-state index is 0.109. The van der Waals surface area contributed by atoms with Gasteiger partial charge in [-0.15, -0.1) is 0 Å². The SMILES string of the molecule is C=Nc1c(/C=C\C)ccc(-c2ccc(OC3CCN(C(=O)[C@H]4CCCO4)C(C)C3)cc2)c1C. The van der Waals surface area contributed by atoms with Gasteiger partial charge < -0.3 is 14.4 Å². The van der Waals surface area contributed by atoms with Crippen LogP contribution in [0, 0.1) is 6.92 Å². The second-order valence-electron chi connectivity index (χ2n) is 9.00. The molecule has 0 saturated carbocycles. The van der Waals surface area contributed by atoms with Gasteiger partial charge in [0.2, 0.25) is 0 Å². The lowest BCUT2D eigenvalue weighted by molar-refractivity contribution is -0.145. The summed E-state index contributed by atoms with van der Waals surface area (Å²) >= 11 is 0. The van der Waals surface area contributed by atoms with E-state index in [-0.39, 0.29) is 24.2 Å². The molecule has 0 aromatic heterocycles. The van der Waals surface area contributed by atoms with Crippen LogP contribution in [-0.2, 0) is 9.53 Å². The number of ether oxygens (including phenoxy) is 2. The van der Waals surface area contributed by atoms with Gasteiger partial charge in [-0.3, -0.25) is 9.79 Å². The lowest BCUT2D eigenvalue weighted by Crippen LogP contribution is -2.50. The first-order valence-corrected chi connectivity index (χ1v) is 11.9. The molecule has 2 heterocycles. The molecule has 2 aliphatic heterocycles. The van der Waals surface area contributed by atoms with E-state index in [2.05, 4.69) is 55.9 Å². The summed E-state index contributed by atoms with van der Waals surface area (Å²) in [7, 11) is 0. The molecule has 0 radical (unpaired) electrons. The molecule has 33 heavy (non-hydrogen) atoms. The number of hydrogen-bond donors (Lipinski definition) is 0. The minimum Gasteiger partial charge on any atom is -0.490 e. The number of carbonyl (C=O) groups is 1. The van der Waals surface area contributed by atoms with Crippen LogP contribution in [0.4, 0.5) is 5.69 Å². The Morgan fingerprint density at radius 2 is 2.00 bits per heavy atom. The molecular weight excluding hydrogens is 412 g/mol. The Morgan fingerprint density at radius 1 is 1.21 bits per heavy atom. The van der Waals surface area contributed by atoms with Crippen LogP contribution >= 0.6 is 0 Å². The average Bonchev–Trinajstić information content (AvgIpc) is 3.35. The van der Waals surface area contributed by atoms with Crippen molar-refractivity contribution in [3.63, 3.8) is 0 Å². The Morgan fingerprint density at radius 3 is 2.64 bits per heavy atom. The number of benzene rings is 2. The lowest BCUT2D eigenvalue weighted by Gasteiger charge is -2.38. The van der Waals surface area contributed by atoms with Gasteiger partial charge >= 0.3 is 0 Å². The molecule has 174 valence electrons. The number of aliphatic imine (C=N–C) groups is 1. The van der Waals surface area contributed by atoms with Crippen LogP contribution in [0.25, 0.3) is 17.2 Å². The molecule has 4 rings (SSSR count). The Kier molecular flexibility index (Phi) is 7.29. The number of hydrogen-bond acceptors (Lipinski definition) is 4. The highest BCUT2D eigenvalue weighted by Crippen LogP contribution is 2.35. The van der Waals surface area contributed by atoms with Crippen LogP contribution < -0.4 is 4.74 Å². The van der Waals surface area contributed by atoms with E-state index >= 15 is 0 Å². The van der Waals surface area contributed by atoms with Gasteiger partial charge in [-0.2, -0.15) is 0 Å². The smallest absolute Gasteiger partial charge is 0.251 e. The second-order valence-corrected chi connectivity index (χ2v) is 9.00. The quantitative estimate of drug-likeness (QED) is 0.514. The number of piperidine rings is 1. The minimum atomic E-state index is -0.246. The van der Waals surface area contributed by atoms with Crippen molar-refractivity contribution in [3.8, 4) is 16.9 Å². The van der Waals surface area contributed by atoms with Crippen LogP contribution in [0.3, 0.4) is 0 Å². The van der Waals surface area contributed by atoms with Crippen LogP contribution in [0.5, 0.6) is 5.75 Å². The van der Waals surface area contributed by atoms with Gasteiger partial charge in [0.25, 0.3) is 5.91 Å². The fourth-order valence-corrected chi connectivity index (χ4v) is 4.98. The standard InChI is InChI=1S/C28H34N2O3/c1-5-7-22-11-14-25(20(3)27(22)29-4)21-9-12-23(13-10-21)33-24-15-16-30(19(2)18-24)28(31)26-8-6-17-32-26/h5,7,9-14,19,24,26H,4,6,8,15-18H2,1-3H3/b7-5-/t19?,24?,26-/m1/s1. The van der Waals surface area contributed by atoms with Crippen LogP contribution in [-0.4, -0.2) is 48.9 Å². The molecule has 5 nitrogen and oxygen atoms in total. The number of likely N-dealkylation sites (tertiary alicyclic amines) is 1. The van der Waals surface area contributed by atoms with Gasteiger partial charge in [-0.05, 0) is 69.2 Å². The summed E-state index contributed by atoms with van der Waals surface area (Å²) < 4.78 is 11.9. The van der Waals surface area contributed by atoms with Crippen molar-refractivity contribution in [1.82, 2.24) is 4.90 Å². The number of rotatable bonds is 6. The van der Waals surface area contributed by atoms with E-state index in [9.17, 15) is 4.79 Å². The van der Waals surface area contributed by atoms with Crippen LogP contribution in [0.1, 0.15) is 50.7 Å². The molecule has 2 aliphatic rings. The van der Waals surface area contributed by atoms with Gasteiger partial charge in [0.15, 0.2) is 0 Å². The molecule has 1 amide bonds. The fraction of sp³-hybridized carbons (Fsp3) is 0.429. The molecule has 3 atom stereocenters. The molecule has 2 fully saturated rings. The molecule has 2 aromatic rings. The topological polar surface area (TPSA) is 51.1 Å². The monoisotopic (exact) mass is 446 g/mol. The molecule has 2 unspecified atom stereocenters. The number of carbonyl (C=O) groups excluding carboxylic acids is 1. The zero-order chi connectivity index (χ0) is 23.4. The summed E-state index contributed by atoms with van der Waals surface area (Å²) in [5.41, 5.74) is 5.39. The summed E-state index contributed by atoms with van der Waals surface area (Å²) in [4.78, 5) is 19.0. The first-order chi connectivity index (χ1) is 16.0. The Hall–Kier alpha value is -2.92. The third-order valence-corrected chi connectivity index (χ3v) is 6.75. The summed E-state index contributed by atoms with van der Waals surface area (Å²) in [6.07, 6.45) is 7.42. The average molecular weight is 447 g/mol. The zero-order valence-electron chi connectivity index (χ0n) is 19.9. The van der Waals surface area contributed by atoms with Crippen molar-refractivity contribution < 1.29 is 14.3 Å². The summed E-state index contributed by atoms with van der Waals surface area (Å²) in [5.74, 6) is 1.01. The van der Waals surface area contributed by atoms with Crippen molar-refractivity contribution >= 4 is 24.4 Å². The summed E-state index contributed by atoms with van der Waals surface area (Å²) in [6.45, 7) is 11.4. The Labute approximate surface area is 197 Å². The molecule has 0 N–H and O–H groups in total. The van der Waals surface area contributed by atoms with E-state index in [4.69, 9.17) is 9.47 Å². The third kappa shape index (κ3) is 5.03. The molecule has 5 heteroatoms. The van der Waals surface area contributed by atoms with Crippen molar-refractivity contribution in [2.45, 2.75) is 64.7 Å². The van der Waals surface area contributed by atoms with Gasteiger partial charge in [0.1, 0.15) is 18.0 Å². The Bertz CT molecular complexity index is 1020. The molecule has 0 aliphatic carbocycles. The number of nitrogens with zero attached hydrogens (tertiary/aromatic N) is 2. The molecule has 2 saturated heterocycles. The maximum Gasteiger partial charge on any atom is 0.251 e. The van der Waals surface area contributed by atoms with E-state index in [0.717, 1.165) is 65.9 Å². The van der Waals surface area contributed by atoms with E-state index < -0.39 is 0 Å². The summed E-state index contributed by atoms with van der Waals surface area (Å²) in [6, 6.07) is 12.6. The lowest BCUT2D eigenvalue weighted by atomic mass is 9.96. The van der Waals surface area contributed by atoms with E-state index in [1.54, 1.807) is 0 Å². The maximum atomic E-state index is 12.7. The van der Waals surface area contributed by atoms with E-state index in [0.29, 0.717) is 6.61 Å². The largest absolute Gasteiger partial charge is 0.490 e. The first kappa shape index (κ1) is 23.2. The van der Waals surface area contributed by atoms with Gasteiger partial charge in [-0.25, -0.2) is 0 Å². The molecule has 2 aromatic carbocycles. The zero-order valence-corrected chi connectivity index (χ0v) is 19.9. The van der Waals surface area contributed by atoms with Crippen molar-refractivity contribution in [3.05, 3.63) is 53.6 Å². The highest BCUT2D eigenvalue weighted by Gasteiger charge is 2.35. The predicted octanol–water partition coefficient (Wildman–Crippen LogP) is 5.96. The number of allylic oxidation sites excluding steroid dienone is 1. The van der Waals surface area contributed by atoms with Crippen LogP contribution in [0.15, 0.2) is 47.5 Å². The first-order valence-electron chi connectivity index (χ1n) is 11.9. The van der Waals surface area contributed by atoms with Gasteiger partial charge in [-0.1, -0.05) is 36.4 Å². The Balaban J connectivity index is 1.40. The van der Waals surface area contributed by atoms with Gasteiger partial charge in [0.05, 0.1) is 5.69 Å². The maximum absolute atomic E-state index is 12.7. The third-order valence-electron chi connectivity index (χ3n) is 6.75. The number of amides is 1. The van der Waals surface area contributed by atoms with E-state index in [1.165, 1.54) is 0 Å². The molecule has 0 bridgehead atoms. The summed E-state index contributed by atoms with van der Waals surface area (Å²) in [5, 5.41) is 0. The predicted molar refractivity (Wildman–Crippen MR) is 134 cm³/mol. The second kappa shape index (κ2) is 10.3. The van der Waals surface area contributed by atoms with Crippen LogP contribution in [0.2, 0.25) is 0 Å². The van der Waals surface area contributed by atoms with Crippen molar-refractivity contribution in [2.75, 3.05) is 13.2 Å². The van der Waals surface area contributed by atoms with Crippen molar-refractivity contribution in [2.24, 2.45) is 4.99 Å². The highest BCUT2D eigenvalue weighted by atomic mass is 16.5. The van der Waals surface area contributed by atoms with E-state index in [1.807, 2.05) is 30.0 Å². The van der Waals surface area contributed by atoms with Crippen molar-refractivity contribution in [1.29, 1.82) is 0 Å². The fourth-order valence-electron chi connectivity index (χ4n) is 4.98. The normalized spacial score (nSPS) is 23.1. The highest BCUT2D eigenvalue weighted by molar-refractivity contribution is 5.81. The molecule has 0 spiro atoms.